The van der Waals surface area contributed by atoms with Gasteiger partial charge in [0.1, 0.15) is 0 Å². The van der Waals surface area contributed by atoms with Gasteiger partial charge in [-0.15, -0.1) is 0 Å². The van der Waals surface area contributed by atoms with Gasteiger partial charge in [0.05, 0.1) is 6.04 Å². The predicted molar refractivity (Wildman–Crippen MR) is 99.3 cm³/mol. The Morgan fingerprint density at radius 2 is 2.04 bits per heavy atom. The van der Waals surface area contributed by atoms with Gasteiger partial charge >= 0.3 is 0 Å². The highest BCUT2D eigenvalue weighted by Gasteiger charge is 2.30. The highest BCUT2D eigenvalue weighted by Crippen LogP contribution is 2.21. The van der Waals surface area contributed by atoms with Crippen LogP contribution in [0.2, 0.25) is 0 Å². The fourth-order valence-corrected chi connectivity index (χ4v) is 3.97. The second kappa shape index (κ2) is 7.30. The molecular formula is C20H27N3O2. The molecule has 0 unspecified atom stereocenters. The summed E-state index contributed by atoms with van der Waals surface area (Å²) in [6, 6.07) is 10.6. The minimum Gasteiger partial charge on any atom is -0.344 e. The predicted octanol–water partition coefficient (Wildman–Crippen LogP) is 2.81. The lowest BCUT2D eigenvalue weighted by Crippen LogP contribution is -2.41. The summed E-state index contributed by atoms with van der Waals surface area (Å²) in [4.78, 5) is 28.1. The number of carbonyl (C=O) groups excluding carboxylic acids is 2. The van der Waals surface area contributed by atoms with Crippen LogP contribution in [0.25, 0.3) is 10.9 Å². The molecule has 0 aliphatic carbocycles. The Hall–Kier alpha value is -2.30. The van der Waals surface area contributed by atoms with Gasteiger partial charge in [-0.1, -0.05) is 18.2 Å². The fraction of sp³-hybridized carbons (Fsp3) is 0.500. The zero-order valence-electron chi connectivity index (χ0n) is 15.4. The van der Waals surface area contributed by atoms with Crippen molar-refractivity contribution in [3.05, 3.63) is 36.0 Å². The molecule has 1 aromatic carbocycles. The molecule has 1 fully saturated rings. The van der Waals surface area contributed by atoms with E-state index in [1.807, 2.05) is 28.9 Å². The molecule has 2 heterocycles. The number of hydrogen-bond acceptors (Lipinski definition) is 2. The Labute approximate surface area is 149 Å². The molecule has 0 bridgehead atoms. The summed E-state index contributed by atoms with van der Waals surface area (Å²) in [6.07, 6.45) is 1.38. The van der Waals surface area contributed by atoms with Crippen LogP contribution in [0.3, 0.4) is 0 Å². The Kier molecular flexibility index (Phi) is 5.11. The first kappa shape index (κ1) is 17.5. The molecule has 1 aliphatic heterocycles. The van der Waals surface area contributed by atoms with E-state index < -0.39 is 0 Å². The van der Waals surface area contributed by atoms with Crippen molar-refractivity contribution in [2.45, 2.75) is 46.2 Å². The van der Waals surface area contributed by atoms with Crippen LogP contribution in [0.15, 0.2) is 30.3 Å². The van der Waals surface area contributed by atoms with Gasteiger partial charge in [0.2, 0.25) is 11.8 Å². The second-order valence-corrected chi connectivity index (χ2v) is 6.83. The topological polar surface area (TPSA) is 45.6 Å². The van der Waals surface area contributed by atoms with Crippen molar-refractivity contribution in [2.75, 3.05) is 19.6 Å². The number of likely N-dealkylation sites (N-methyl/N-ethyl adjacent to an activating group) is 1. The van der Waals surface area contributed by atoms with Gasteiger partial charge in [0.15, 0.2) is 0 Å². The SMILES string of the molecule is CCN(C(C)=O)[C@@H]1CCN(C(=O)CCn2c(C)cc3ccccc32)C1. The highest BCUT2D eigenvalue weighted by atomic mass is 16.2. The Bertz CT molecular complexity index is 780. The van der Waals surface area contributed by atoms with E-state index in [0.717, 1.165) is 13.0 Å². The van der Waals surface area contributed by atoms with Crippen LogP contribution in [0, 0.1) is 6.92 Å². The molecule has 5 heteroatoms. The van der Waals surface area contributed by atoms with Crippen LogP contribution < -0.4 is 0 Å². The molecule has 5 nitrogen and oxygen atoms in total. The molecule has 0 radical (unpaired) electrons. The van der Waals surface area contributed by atoms with Crippen molar-refractivity contribution < 1.29 is 9.59 Å². The summed E-state index contributed by atoms with van der Waals surface area (Å²) in [7, 11) is 0. The van der Waals surface area contributed by atoms with E-state index in [1.165, 1.54) is 16.6 Å². The van der Waals surface area contributed by atoms with Crippen LogP contribution in [0.4, 0.5) is 0 Å². The van der Waals surface area contributed by atoms with Crippen LogP contribution in [-0.2, 0) is 16.1 Å². The van der Waals surface area contributed by atoms with Crippen molar-refractivity contribution in [1.29, 1.82) is 0 Å². The third kappa shape index (κ3) is 3.55. The third-order valence-corrected chi connectivity index (χ3v) is 5.27. The number of nitrogens with zero attached hydrogens (tertiary/aromatic N) is 3. The highest BCUT2D eigenvalue weighted by molar-refractivity contribution is 5.82. The molecule has 2 amide bonds. The molecule has 2 aromatic rings. The average molecular weight is 341 g/mol. The van der Waals surface area contributed by atoms with Crippen molar-refractivity contribution >= 4 is 22.7 Å². The number of para-hydroxylation sites is 1. The zero-order valence-corrected chi connectivity index (χ0v) is 15.4. The number of fused-ring (bicyclic) bond motifs is 1. The molecule has 0 spiro atoms. The van der Waals surface area contributed by atoms with Gasteiger partial charge in [-0.3, -0.25) is 9.59 Å². The van der Waals surface area contributed by atoms with Gasteiger partial charge in [-0.2, -0.15) is 0 Å². The number of hydrogen-bond donors (Lipinski definition) is 0. The number of likely N-dealkylation sites (tertiary alicyclic amines) is 1. The summed E-state index contributed by atoms with van der Waals surface area (Å²) >= 11 is 0. The largest absolute Gasteiger partial charge is 0.344 e. The fourth-order valence-electron chi connectivity index (χ4n) is 3.97. The summed E-state index contributed by atoms with van der Waals surface area (Å²) in [5, 5.41) is 1.22. The first-order valence-electron chi connectivity index (χ1n) is 9.11. The molecule has 134 valence electrons. The number of amides is 2. The van der Waals surface area contributed by atoms with Gasteiger partial charge in [-0.05, 0) is 37.8 Å². The molecule has 25 heavy (non-hydrogen) atoms. The Balaban J connectivity index is 1.61. The minimum atomic E-state index is 0.0937. The lowest BCUT2D eigenvalue weighted by atomic mass is 10.2. The lowest BCUT2D eigenvalue weighted by molar-refractivity contribution is -0.133. The second-order valence-electron chi connectivity index (χ2n) is 6.83. The van der Waals surface area contributed by atoms with E-state index in [9.17, 15) is 9.59 Å². The molecule has 1 saturated heterocycles. The minimum absolute atomic E-state index is 0.0937. The van der Waals surface area contributed by atoms with E-state index in [-0.39, 0.29) is 17.9 Å². The zero-order chi connectivity index (χ0) is 18.0. The van der Waals surface area contributed by atoms with Gasteiger partial charge in [0, 0.05) is 50.7 Å². The van der Waals surface area contributed by atoms with E-state index in [2.05, 4.69) is 29.7 Å². The molecule has 0 saturated carbocycles. The van der Waals surface area contributed by atoms with Gasteiger partial charge in [0.25, 0.3) is 0 Å². The van der Waals surface area contributed by atoms with Crippen LogP contribution in [0.5, 0.6) is 0 Å². The lowest BCUT2D eigenvalue weighted by Gasteiger charge is -2.26. The molecule has 1 aliphatic rings. The van der Waals surface area contributed by atoms with Gasteiger partial charge < -0.3 is 14.4 Å². The maximum absolute atomic E-state index is 12.6. The number of rotatable bonds is 5. The van der Waals surface area contributed by atoms with E-state index in [4.69, 9.17) is 0 Å². The van der Waals surface area contributed by atoms with Crippen molar-refractivity contribution in [3.8, 4) is 0 Å². The monoisotopic (exact) mass is 341 g/mol. The normalized spacial score (nSPS) is 17.2. The standard InChI is InChI=1S/C20H27N3O2/c1-4-22(16(3)24)18-9-11-21(14-18)20(25)10-12-23-15(2)13-17-7-5-6-8-19(17)23/h5-8,13,18H,4,9-12,14H2,1-3H3/t18-/m1/s1. The summed E-state index contributed by atoms with van der Waals surface area (Å²) in [6.45, 7) is 8.50. The number of aryl methyl sites for hydroxylation is 2. The summed E-state index contributed by atoms with van der Waals surface area (Å²) in [5.74, 6) is 0.274. The van der Waals surface area contributed by atoms with E-state index >= 15 is 0 Å². The van der Waals surface area contributed by atoms with Crippen LogP contribution in [-0.4, -0.2) is 51.9 Å². The molecule has 3 rings (SSSR count). The van der Waals surface area contributed by atoms with Crippen LogP contribution >= 0.6 is 0 Å². The van der Waals surface area contributed by atoms with Gasteiger partial charge in [-0.25, -0.2) is 0 Å². The first-order chi connectivity index (χ1) is 12.0. The molecule has 1 aromatic heterocycles. The quantitative estimate of drug-likeness (QED) is 0.839. The third-order valence-electron chi connectivity index (χ3n) is 5.27. The summed E-state index contributed by atoms with van der Waals surface area (Å²) < 4.78 is 2.22. The van der Waals surface area contributed by atoms with E-state index in [1.54, 1.807) is 6.92 Å². The van der Waals surface area contributed by atoms with Crippen molar-refractivity contribution in [3.63, 3.8) is 0 Å². The maximum atomic E-state index is 12.6. The molecular weight excluding hydrogens is 314 g/mol. The first-order valence-corrected chi connectivity index (χ1v) is 9.11. The maximum Gasteiger partial charge on any atom is 0.224 e. The number of carbonyl (C=O) groups is 2. The number of aromatic nitrogens is 1. The molecule has 0 N–H and O–H groups in total. The van der Waals surface area contributed by atoms with Crippen molar-refractivity contribution in [1.82, 2.24) is 14.4 Å². The Morgan fingerprint density at radius 1 is 1.28 bits per heavy atom. The molecule has 1 atom stereocenters. The number of benzene rings is 1. The smallest absolute Gasteiger partial charge is 0.224 e. The Morgan fingerprint density at radius 3 is 2.76 bits per heavy atom. The van der Waals surface area contributed by atoms with Crippen molar-refractivity contribution in [2.24, 2.45) is 0 Å². The summed E-state index contributed by atoms with van der Waals surface area (Å²) in [5.41, 5.74) is 2.36. The average Bonchev–Trinajstić information content (AvgIpc) is 3.17. The van der Waals surface area contributed by atoms with Crippen LogP contribution in [0.1, 0.15) is 32.4 Å². The van der Waals surface area contributed by atoms with E-state index in [0.29, 0.717) is 26.1 Å².